The Hall–Kier alpha value is -1.06. The van der Waals surface area contributed by atoms with Crippen LogP contribution in [0, 0.1) is 5.41 Å². The van der Waals surface area contributed by atoms with Crippen LogP contribution in [0.3, 0.4) is 0 Å². The molecule has 20 heavy (non-hydrogen) atoms. The molecule has 1 aromatic rings. The molecule has 3 nitrogen and oxygen atoms in total. The molecule has 0 radical (unpaired) electrons. The molecule has 0 heterocycles. The Morgan fingerprint density at radius 1 is 1.20 bits per heavy atom. The second-order valence-corrected chi connectivity index (χ2v) is 6.48. The van der Waals surface area contributed by atoms with E-state index in [4.69, 9.17) is 4.74 Å². The highest BCUT2D eigenvalue weighted by Crippen LogP contribution is 2.17. The molecule has 0 fully saturated rings. The summed E-state index contributed by atoms with van der Waals surface area (Å²) >= 11 is 0. The third kappa shape index (κ3) is 7.51. The predicted octanol–water partition coefficient (Wildman–Crippen LogP) is 3.01. The van der Waals surface area contributed by atoms with Gasteiger partial charge in [-0.25, -0.2) is 0 Å². The first-order valence-corrected chi connectivity index (χ1v) is 7.51. The topological polar surface area (TPSA) is 41.5 Å². The Labute approximate surface area is 123 Å². The zero-order chi connectivity index (χ0) is 15.0. The molecule has 1 rings (SSSR count). The number of aryl methyl sites for hydroxylation is 1. The zero-order valence-corrected chi connectivity index (χ0v) is 13.3. The van der Waals surface area contributed by atoms with Gasteiger partial charge in [0.25, 0.3) is 0 Å². The fourth-order valence-corrected chi connectivity index (χ4v) is 1.80. The van der Waals surface area contributed by atoms with Gasteiger partial charge in [0.05, 0.1) is 0 Å². The van der Waals surface area contributed by atoms with Crippen LogP contribution in [-0.4, -0.2) is 30.9 Å². The van der Waals surface area contributed by atoms with E-state index in [-0.39, 0.29) is 0 Å². The molecule has 0 bridgehead atoms. The van der Waals surface area contributed by atoms with Gasteiger partial charge >= 0.3 is 0 Å². The number of ether oxygens (including phenoxy) is 1. The molecule has 1 unspecified atom stereocenters. The number of aliphatic hydroxyl groups excluding tert-OH is 1. The van der Waals surface area contributed by atoms with Crippen molar-refractivity contribution in [1.29, 1.82) is 0 Å². The number of hydrogen-bond donors (Lipinski definition) is 2. The van der Waals surface area contributed by atoms with Gasteiger partial charge in [0.2, 0.25) is 0 Å². The first-order valence-electron chi connectivity index (χ1n) is 7.51. The Morgan fingerprint density at radius 3 is 2.40 bits per heavy atom. The van der Waals surface area contributed by atoms with E-state index in [2.05, 4.69) is 45.1 Å². The molecule has 0 saturated carbocycles. The molecule has 3 heteroatoms. The van der Waals surface area contributed by atoms with Crippen molar-refractivity contribution < 1.29 is 9.84 Å². The lowest BCUT2D eigenvalue weighted by atomic mass is 9.92. The summed E-state index contributed by atoms with van der Waals surface area (Å²) in [6, 6.07) is 8.03. The van der Waals surface area contributed by atoms with Crippen molar-refractivity contribution in [2.24, 2.45) is 5.41 Å². The van der Waals surface area contributed by atoms with Gasteiger partial charge in [-0.1, -0.05) is 39.8 Å². The lowest BCUT2D eigenvalue weighted by Gasteiger charge is -2.19. The molecule has 1 aromatic carbocycles. The summed E-state index contributed by atoms with van der Waals surface area (Å²) in [5, 5.41) is 13.1. The molecule has 114 valence electrons. The highest BCUT2D eigenvalue weighted by atomic mass is 16.5. The van der Waals surface area contributed by atoms with E-state index >= 15 is 0 Å². The molecule has 0 amide bonds. The van der Waals surface area contributed by atoms with Crippen LogP contribution < -0.4 is 10.1 Å². The summed E-state index contributed by atoms with van der Waals surface area (Å²) in [4.78, 5) is 0. The van der Waals surface area contributed by atoms with Crippen LogP contribution in [0.4, 0.5) is 0 Å². The van der Waals surface area contributed by atoms with Gasteiger partial charge in [0, 0.05) is 6.54 Å². The van der Waals surface area contributed by atoms with E-state index in [1.807, 2.05) is 12.1 Å². The lowest BCUT2D eigenvalue weighted by Crippen LogP contribution is -2.33. The van der Waals surface area contributed by atoms with Crippen LogP contribution in [0.25, 0.3) is 0 Å². The maximum atomic E-state index is 9.85. The third-order valence-corrected chi connectivity index (χ3v) is 3.21. The highest BCUT2D eigenvalue weighted by Gasteiger charge is 2.10. The first-order chi connectivity index (χ1) is 9.40. The van der Waals surface area contributed by atoms with Gasteiger partial charge in [-0.2, -0.15) is 0 Å². The molecular formula is C17H29NO2. The average Bonchev–Trinajstić information content (AvgIpc) is 2.41. The van der Waals surface area contributed by atoms with Crippen LogP contribution in [0.5, 0.6) is 5.75 Å². The predicted molar refractivity (Wildman–Crippen MR) is 84.3 cm³/mol. The molecule has 1 atom stereocenters. The van der Waals surface area contributed by atoms with Crippen molar-refractivity contribution in [3.8, 4) is 5.75 Å². The van der Waals surface area contributed by atoms with E-state index in [0.29, 0.717) is 18.6 Å². The van der Waals surface area contributed by atoms with Gasteiger partial charge in [0.15, 0.2) is 0 Å². The minimum absolute atomic E-state index is 0.327. The van der Waals surface area contributed by atoms with Gasteiger partial charge in [0.1, 0.15) is 18.5 Å². The Bertz CT molecular complexity index is 368. The quantitative estimate of drug-likeness (QED) is 0.719. The summed E-state index contributed by atoms with van der Waals surface area (Å²) in [6.45, 7) is 10.6. The average molecular weight is 279 g/mol. The van der Waals surface area contributed by atoms with Crippen molar-refractivity contribution >= 4 is 0 Å². The summed E-state index contributed by atoms with van der Waals surface area (Å²) in [5.41, 5.74) is 1.62. The molecule has 0 aliphatic carbocycles. The molecule has 0 aromatic heterocycles. The number of rotatable bonds is 8. The fourth-order valence-electron chi connectivity index (χ4n) is 1.80. The van der Waals surface area contributed by atoms with Gasteiger partial charge in [-0.3, -0.25) is 0 Å². The lowest BCUT2D eigenvalue weighted by molar-refractivity contribution is 0.106. The summed E-state index contributed by atoms with van der Waals surface area (Å²) < 4.78 is 5.58. The second-order valence-electron chi connectivity index (χ2n) is 6.48. The summed E-state index contributed by atoms with van der Waals surface area (Å²) in [7, 11) is 0. The van der Waals surface area contributed by atoms with Crippen LogP contribution in [-0.2, 0) is 6.42 Å². The smallest absolute Gasteiger partial charge is 0.119 e. The van der Waals surface area contributed by atoms with E-state index < -0.39 is 6.10 Å². The summed E-state index contributed by atoms with van der Waals surface area (Å²) in [5.74, 6) is 0.816. The SMILES string of the molecule is CCc1ccc(OCC(O)CNCCC(C)(C)C)cc1. The van der Waals surface area contributed by atoms with Crippen molar-refractivity contribution in [3.05, 3.63) is 29.8 Å². The highest BCUT2D eigenvalue weighted by molar-refractivity contribution is 5.27. The van der Waals surface area contributed by atoms with Crippen LogP contribution in [0.2, 0.25) is 0 Å². The molecule has 0 spiro atoms. The van der Waals surface area contributed by atoms with Gasteiger partial charge < -0.3 is 15.2 Å². The van der Waals surface area contributed by atoms with Crippen molar-refractivity contribution in [2.75, 3.05) is 19.7 Å². The zero-order valence-electron chi connectivity index (χ0n) is 13.3. The molecule has 2 N–H and O–H groups in total. The van der Waals surface area contributed by atoms with Crippen molar-refractivity contribution in [1.82, 2.24) is 5.32 Å². The third-order valence-electron chi connectivity index (χ3n) is 3.21. The Kier molecular flexibility index (Phi) is 7.03. The molecule has 0 saturated heterocycles. The second kappa shape index (κ2) is 8.28. The van der Waals surface area contributed by atoms with Crippen LogP contribution >= 0.6 is 0 Å². The van der Waals surface area contributed by atoms with E-state index in [0.717, 1.165) is 25.1 Å². The Balaban J connectivity index is 2.17. The van der Waals surface area contributed by atoms with Crippen LogP contribution in [0.1, 0.15) is 39.7 Å². The maximum Gasteiger partial charge on any atom is 0.119 e. The fraction of sp³-hybridized carbons (Fsp3) is 0.647. The normalized spacial score (nSPS) is 13.2. The first kappa shape index (κ1) is 17.0. The van der Waals surface area contributed by atoms with E-state index in [9.17, 15) is 5.11 Å². The van der Waals surface area contributed by atoms with Crippen molar-refractivity contribution in [3.63, 3.8) is 0 Å². The summed E-state index contributed by atoms with van der Waals surface area (Å²) in [6.07, 6.45) is 1.65. The number of nitrogens with one attached hydrogen (secondary N) is 1. The minimum Gasteiger partial charge on any atom is -0.491 e. The molecular weight excluding hydrogens is 250 g/mol. The molecule has 0 aliphatic rings. The largest absolute Gasteiger partial charge is 0.491 e. The van der Waals surface area contributed by atoms with Crippen molar-refractivity contribution in [2.45, 2.75) is 46.6 Å². The van der Waals surface area contributed by atoms with E-state index in [1.165, 1.54) is 5.56 Å². The standard InChI is InChI=1S/C17H29NO2/c1-5-14-6-8-16(9-7-14)20-13-15(19)12-18-11-10-17(2,3)4/h6-9,15,18-19H,5,10-13H2,1-4H3. The number of hydrogen-bond acceptors (Lipinski definition) is 3. The van der Waals surface area contributed by atoms with Gasteiger partial charge in [-0.05, 0) is 42.5 Å². The number of aliphatic hydroxyl groups is 1. The molecule has 0 aliphatic heterocycles. The Morgan fingerprint density at radius 2 is 1.85 bits per heavy atom. The monoisotopic (exact) mass is 279 g/mol. The van der Waals surface area contributed by atoms with Gasteiger partial charge in [-0.15, -0.1) is 0 Å². The maximum absolute atomic E-state index is 9.85. The number of benzene rings is 1. The van der Waals surface area contributed by atoms with Crippen LogP contribution in [0.15, 0.2) is 24.3 Å². The minimum atomic E-state index is -0.471. The van der Waals surface area contributed by atoms with E-state index in [1.54, 1.807) is 0 Å².